The summed E-state index contributed by atoms with van der Waals surface area (Å²) in [6.07, 6.45) is 0. The molecule has 0 saturated heterocycles. The lowest BCUT2D eigenvalue weighted by molar-refractivity contribution is 0.465. The first-order chi connectivity index (χ1) is 16.0. The first kappa shape index (κ1) is 23.4. The molecule has 3 nitrogen and oxygen atoms in total. The summed E-state index contributed by atoms with van der Waals surface area (Å²) < 4.78 is 0. The molecule has 4 aromatic carbocycles. The van der Waals surface area contributed by atoms with Crippen molar-refractivity contribution in [3.8, 4) is 28.4 Å². The molecule has 0 aliphatic rings. The summed E-state index contributed by atoms with van der Waals surface area (Å²) in [5.41, 5.74) is 9.09. The third kappa shape index (κ3) is 3.92. The van der Waals surface area contributed by atoms with Crippen LogP contribution in [0.5, 0.6) is 17.2 Å². The van der Waals surface area contributed by atoms with Crippen LogP contribution in [0.3, 0.4) is 0 Å². The fourth-order valence-corrected chi connectivity index (χ4v) is 4.82. The fourth-order valence-electron chi connectivity index (χ4n) is 4.82. The van der Waals surface area contributed by atoms with E-state index in [1.807, 2.05) is 46.8 Å². The van der Waals surface area contributed by atoms with Gasteiger partial charge in [0.1, 0.15) is 17.2 Å². The van der Waals surface area contributed by atoms with E-state index < -0.39 is 5.41 Å². The van der Waals surface area contributed by atoms with Crippen molar-refractivity contribution in [2.45, 2.75) is 47.0 Å². The van der Waals surface area contributed by atoms with E-state index in [-0.39, 0.29) is 0 Å². The standard InChI is InChI=1S/C31H32O3/c1-18-13-24(9-12-28(18)32)23-7-10-25(11-8-23)31(6,26-14-19(2)29(33)20(3)15-26)27-16-21(4)30(34)22(5)17-27/h7-17,32-34H,1-6H3. The molecule has 0 heterocycles. The number of aryl methyl sites for hydroxylation is 5. The molecule has 0 radical (unpaired) electrons. The second-order valence-corrected chi connectivity index (χ2v) is 9.62. The normalized spacial score (nSPS) is 11.6. The topological polar surface area (TPSA) is 60.7 Å². The van der Waals surface area contributed by atoms with Gasteiger partial charge >= 0.3 is 0 Å². The maximum atomic E-state index is 10.4. The maximum Gasteiger partial charge on any atom is 0.121 e. The first-order valence-electron chi connectivity index (χ1n) is 11.5. The summed E-state index contributed by atoms with van der Waals surface area (Å²) >= 11 is 0. The highest BCUT2D eigenvalue weighted by Gasteiger charge is 2.33. The average molecular weight is 453 g/mol. The molecule has 0 amide bonds. The Hall–Kier alpha value is -3.72. The number of phenols is 3. The molecule has 3 N–H and O–H groups in total. The van der Waals surface area contributed by atoms with Crippen molar-refractivity contribution in [1.29, 1.82) is 0 Å². The summed E-state index contributed by atoms with van der Waals surface area (Å²) in [7, 11) is 0. The highest BCUT2D eigenvalue weighted by molar-refractivity contribution is 5.67. The second-order valence-electron chi connectivity index (χ2n) is 9.62. The summed E-state index contributed by atoms with van der Waals surface area (Å²) in [6.45, 7) is 11.8. The molecular weight excluding hydrogens is 420 g/mol. The Morgan fingerprint density at radius 3 is 1.29 bits per heavy atom. The molecular formula is C31H32O3. The molecule has 34 heavy (non-hydrogen) atoms. The number of benzene rings is 4. The SMILES string of the molecule is Cc1cc(-c2ccc(C(C)(c3cc(C)c(O)c(C)c3)c3cc(C)c(O)c(C)c3)cc2)ccc1O. The number of phenolic OH excluding ortho intramolecular Hbond substituents is 3. The quantitative estimate of drug-likeness (QED) is 0.283. The predicted octanol–water partition coefficient (Wildman–Crippen LogP) is 7.37. The molecule has 0 saturated carbocycles. The molecule has 0 aliphatic heterocycles. The van der Waals surface area contributed by atoms with Crippen molar-refractivity contribution >= 4 is 0 Å². The van der Waals surface area contributed by atoms with Crippen LogP contribution >= 0.6 is 0 Å². The largest absolute Gasteiger partial charge is 0.508 e. The Bertz CT molecular complexity index is 1280. The van der Waals surface area contributed by atoms with Crippen LogP contribution in [0.15, 0.2) is 66.7 Å². The van der Waals surface area contributed by atoms with Gasteiger partial charge in [-0.2, -0.15) is 0 Å². The van der Waals surface area contributed by atoms with Gasteiger partial charge in [0.05, 0.1) is 0 Å². The minimum Gasteiger partial charge on any atom is -0.508 e. The summed E-state index contributed by atoms with van der Waals surface area (Å²) in [4.78, 5) is 0. The average Bonchev–Trinajstić information content (AvgIpc) is 2.81. The third-order valence-corrected chi connectivity index (χ3v) is 7.13. The zero-order valence-corrected chi connectivity index (χ0v) is 20.7. The lowest BCUT2D eigenvalue weighted by Gasteiger charge is -2.33. The highest BCUT2D eigenvalue weighted by atomic mass is 16.3. The molecule has 0 fully saturated rings. The summed E-state index contributed by atoms with van der Waals surface area (Å²) in [5, 5.41) is 30.7. The van der Waals surface area contributed by atoms with Crippen LogP contribution in [-0.4, -0.2) is 15.3 Å². The number of hydrogen-bond acceptors (Lipinski definition) is 3. The number of rotatable bonds is 4. The Labute approximate surface area is 202 Å². The van der Waals surface area contributed by atoms with Gasteiger partial charge in [0, 0.05) is 5.41 Å². The molecule has 0 bridgehead atoms. The van der Waals surface area contributed by atoms with E-state index in [1.54, 1.807) is 6.07 Å². The van der Waals surface area contributed by atoms with Crippen molar-refractivity contribution in [2.24, 2.45) is 0 Å². The van der Waals surface area contributed by atoms with Crippen molar-refractivity contribution in [2.75, 3.05) is 0 Å². The van der Waals surface area contributed by atoms with E-state index in [1.165, 1.54) is 0 Å². The molecule has 4 rings (SSSR count). The van der Waals surface area contributed by atoms with Crippen LogP contribution in [0.2, 0.25) is 0 Å². The monoisotopic (exact) mass is 452 g/mol. The third-order valence-electron chi connectivity index (χ3n) is 7.13. The van der Waals surface area contributed by atoms with Crippen molar-refractivity contribution in [3.63, 3.8) is 0 Å². The van der Waals surface area contributed by atoms with E-state index in [4.69, 9.17) is 0 Å². The van der Waals surface area contributed by atoms with Gasteiger partial charge in [0.2, 0.25) is 0 Å². The number of hydrogen-bond donors (Lipinski definition) is 3. The van der Waals surface area contributed by atoms with E-state index in [9.17, 15) is 15.3 Å². The van der Waals surface area contributed by atoms with E-state index >= 15 is 0 Å². The van der Waals surface area contributed by atoms with E-state index in [0.29, 0.717) is 17.2 Å². The predicted molar refractivity (Wildman–Crippen MR) is 139 cm³/mol. The van der Waals surface area contributed by atoms with Gasteiger partial charge in [-0.3, -0.25) is 0 Å². The Morgan fingerprint density at radius 2 is 0.882 bits per heavy atom. The van der Waals surface area contributed by atoms with Gasteiger partial charge in [-0.05, 0) is 109 Å². The van der Waals surface area contributed by atoms with Gasteiger partial charge < -0.3 is 15.3 Å². The Kier molecular flexibility index (Phi) is 5.91. The van der Waals surface area contributed by atoms with Crippen molar-refractivity contribution in [1.82, 2.24) is 0 Å². The van der Waals surface area contributed by atoms with Gasteiger partial charge in [-0.1, -0.05) is 54.6 Å². The van der Waals surface area contributed by atoms with Crippen LogP contribution < -0.4 is 0 Å². The molecule has 4 aromatic rings. The summed E-state index contributed by atoms with van der Waals surface area (Å²) in [5.74, 6) is 0.938. The van der Waals surface area contributed by atoms with Crippen LogP contribution in [-0.2, 0) is 5.41 Å². The minimum absolute atomic E-state index is 0.295. The molecule has 0 atom stereocenters. The summed E-state index contributed by atoms with van der Waals surface area (Å²) in [6, 6.07) is 22.4. The fraction of sp³-hybridized carbons (Fsp3) is 0.226. The molecule has 0 unspecified atom stereocenters. The van der Waals surface area contributed by atoms with Crippen molar-refractivity contribution < 1.29 is 15.3 Å². The zero-order valence-electron chi connectivity index (χ0n) is 20.7. The van der Waals surface area contributed by atoms with Crippen LogP contribution in [0.4, 0.5) is 0 Å². The lowest BCUT2D eigenvalue weighted by atomic mass is 9.69. The zero-order chi connectivity index (χ0) is 24.8. The highest BCUT2D eigenvalue weighted by Crippen LogP contribution is 2.43. The van der Waals surface area contributed by atoms with Gasteiger partial charge in [0.15, 0.2) is 0 Å². The molecule has 3 heteroatoms. The molecule has 0 aromatic heterocycles. The Balaban J connectivity index is 1.92. The van der Waals surface area contributed by atoms with Gasteiger partial charge in [-0.15, -0.1) is 0 Å². The maximum absolute atomic E-state index is 10.4. The molecule has 0 aliphatic carbocycles. The Morgan fingerprint density at radius 1 is 0.471 bits per heavy atom. The van der Waals surface area contributed by atoms with E-state index in [2.05, 4.69) is 55.5 Å². The smallest absolute Gasteiger partial charge is 0.121 e. The lowest BCUT2D eigenvalue weighted by Crippen LogP contribution is -2.26. The minimum atomic E-state index is -0.504. The number of aromatic hydroxyl groups is 3. The first-order valence-corrected chi connectivity index (χ1v) is 11.5. The van der Waals surface area contributed by atoms with Gasteiger partial charge in [-0.25, -0.2) is 0 Å². The molecule has 174 valence electrons. The van der Waals surface area contributed by atoms with Crippen LogP contribution in [0.25, 0.3) is 11.1 Å². The van der Waals surface area contributed by atoms with Gasteiger partial charge in [0.25, 0.3) is 0 Å². The second kappa shape index (κ2) is 8.57. The van der Waals surface area contributed by atoms with Crippen molar-refractivity contribution in [3.05, 3.63) is 111 Å². The van der Waals surface area contributed by atoms with Crippen LogP contribution in [0.1, 0.15) is 51.4 Å². The van der Waals surface area contributed by atoms with E-state index in [0.717, 1.165) is 55.6 Å². The molecule has 0 spiro atoms. The van der Waals surface area contributed by atoms with Crippen LogP contribution in [0, 0.1) is 34.6 Å².